The fourth-order valence-electron chi connectivity index (χ4n) is 3.07. The first-order valence-electron chi connectivity index (χ1n) is 8.29. The van der Waals surface area contributed by atoms with Gasteiger partial charge in [0.15, 0.2) is 5.58 Å². The van der Waals surface area contributed by atoms with Gasteiger partial charge in [-0.1, -0.05) is 24.3 Å². The van der Waals surface area contributed by atoms with Crippen LogP contribution in [0.25, 0.3) is 11.1 Å². The molecule has 0 unspecified atom stereocenters. The van der Waals surface area contributed by atoms with Gasteiger partial charge in [0.25, 0.3) is 5.91 Å². The number of carbonyl (C=O) groups excluding carboxylic acids is 1. The Morgan fingerprint density at radius 2 is 1.96 bits per heavy atom. The number of anilines is 1. The zero-order valence-electron chi connectivity index (χ0n) is 14.2. The highest BCUT2D eigenvalue weighted by molar-refractivity contribution is 6.05. The summed E-state index contributed by atoms with van der Waals surface area (Å²) in [6.45, 7) is 2.34. The van der Waals surface area contributed by atoms with E-state index in [2.05, 4.69) is 5.32 Å². The smallest absolute Gasteiger partial charge is 0.272 e. The van der Waals surface area contributed by atoms with Crippen LogP contribution < -0.4 is 5.32 Å². The van der Waals surface area contributed by atoms with Crippen molar-refractivity contribution in [3.8, 4) is 0 Å². The number of nitrogens with one attached hydrogen (secondary N) is 1. The summed E-state index contributed by atoms with van der Waals surface area (Å²) in [6, 6.07) is 17.5. The molecule has 0 saturated heterocycles. The monoisotopic (exact) mass is 348 g/mol. The van der Waals surface area contributed by atoms with Crippen LogP contribution in [0.4, 0.5) is 10.1 Å². The standard InChI is InChI=1S/C21H17FN2O2/c1-14-4-2-7-17(10-14)23-21(25)19-12-20-18(8-9-26-20)24(19)13-15-5-3-6-16(22)11-15/h2-12H,13H2,1H3,(H,23,25). The van der Waals surface area contributed by atoms with Gasteiger partial charge in [-0.2, -0.15) is 0 Å². The van der Waals surface area contributed by atoms with Gasteiger partial charge in [-0.15, -0.1) is 0 Å². The van der Waals surface area contributed by atoms with Gasteiger partial charge < -0.3 is 14.3 Å². The maximum atomic E-state index is 13.5. The third kappa shape index (κ3) is 3.11. The van der Waals surface area contributed by atoms with Crippen LogP contribution in [0.3, 0.4) is 0 Å². The third-order valence-electron chi connectivity index (χ3n) is 4.26. The summed E-state index contributed by atoms with van der Waals surface area (Å²) in [5.74, 6) is -0.540. The fraction of sp³-hybridized carbons (Fsp3) is 0.0952. The SMILES string of the molecule is Cc1cccc(NC(=O)c2cc3occc3n2Cc2cccc(F)c2)c1. The van der Waals surface area contributed by atoms with Gasteiger partial charge in [-0.05, 0) is 42.3 Å². The lowest BCUT2D eigenvalue weighted by molar-refractivity contribution is 0.101. The van der Waals surface area contributed by atoms with E-state index >= 15 is 0 Å². The molecule has 0 atom stereocenters. The first-order valence-corrected chi connectivity index (χ1v) is 8.29. The first kappa shape index (κ1) is 16.1. The van der Waals surface area contributed by atoms with Crippen molar-refractivity contribution in [3.05, 3.63) is 89.6 Å². The highest BCUT2D eigenvalue weighted by Crippen LogP contribution is 2.24. The molecular formula is C21H17FN2O2. The number of fused-ring (bicyclic) bond motifs is 1. The Morgan fingerprint density at radius 3 is 2.77 bits per heavy atom. The van der Waals surface area contributed by atoms with Crippen LogP contribution in [-0.2, 0) is 6.54 Å². The molecule has 4 aromatic rings. The van der Waals surface area contributed by atoms with E-state index in [0.29, 0.717) is 17.8 Å². The summed E-state index contributed by atoms with van der Waals surface area (Å²) < 4.78 is 20.8. The predicted octanol–water partition coefficient (Wildman–Crippen LogP) is 4.98. The van der Waals surface area contributed by atoms with E-state index in [1.54, 1.807) is 24.5 Å². The van der Waals surface area contributed by atoms with E-state index in [0.717, 1.165) is 22.3 Å². The number of aryl methyl sites for hydroxylation is 1. The van der Waals surface area contributed by atoms with Crippen LogP contribution in [0, 0.1) is 12.7 Å². The molecule has 0 bridgehead atoms. The van der Waals surface area contributed by atoms with E-state index in [9.17, 15) is 9.18 Å². The molecule has 0 fully saturated rings. The van der Waals surface area contributed by atoms with Crippen molar-refractivity contribution in [2.45, 2.75) is 13.5 Å². The Balaban J connectivity index is 1.70. The number of rotatable bonds is 4. The van der Waals surface area contributed by atoms with Crippen molar-refractivity contribution in [2.24, 2.45) is 0 Å². The van der Waals surface area contributed by atoms with Crippen LogP contribution in [0.15, 0.2) is 71.3 Å². The number of halogens is 1. The fourth-order valence-corrected chi connectivity index (χ4v) is 3.07. The number of amides is 1. The van der Waals surface area contributed by atoms with Crippen molar-refractivity contribution >= 4 is 22.7 Å². The summed E-state index contributed by atoms with van der Waals surface area (Å²) in [7, 11) is 0. The number of nitrogens with zero attached hydrogens (tertiary/aromatic N) is 1. The average molecular weight is 348 g/mol. The topological polar surface area (TPSA) is 47.2 Å². The van der Waals surface area contributed by atoms with Crippen molar-refractivity contribution in [3.63, 3.8) is 0 Å². The van der Waals surface area contributed by atoms with E-state index in [4.69, 9.17) is 4.42 Å². The van der Waals surface area contributed by atoms with E-state index in [-0.39, 0.29) is 11.7 Å². The Kier molecular flexibility index (Phi) is 4.05. The molecule has 0 aliphatic heterocycles. The van der Waals surface area contributed by atoms with Crippen molar-refractivity contribution in [1.29, 1.82) is 0 Å². The molecule has 5 heteroatoms. The highest BCUT2D eigenvalue weighted by Gasteiger charge is 2.18. The van der Waals surface area contributed by atoms with Gasteiger partial charge in [-0.25, -0.2) is 4.39 Å². The normalized spacial score (nSPS) is 11.0. The molecule has 130 valence electrons. The lowest BCUT2D eigenvalue weighted by Crippen LogP contribution is -2.17. The van der Waals surface area contributed by atoms with Crippen LogP contribution >= 0.6 is 0 Å². The average Bonchev–Trinajstić information content (AvgIpc) is 3.18. The Hall–Kier alpha value is -3.34. The summed E-state index contributed by atoms with van der Waals surface area (Å²) in [6.07, 6.45) is 1.58. The van der Waals surface area contributed by atoms with Gasteiger partial charge >= 0.3 is 0 Å². The number of aromatic nitrogens is 1. The number of hydrogen-bond acceptors (Lipinski definition) is 2. The minimum Gasteiger partial charge on any atom is -0.463 e. The number of benzene rings is 2. The zero-order valence-corrected chi connectivity index (χ0v) is 14.2. The van der Waals surface area contributed by atoms with Crippen molar-refractivity contribution in [1.82, 2.24) is 4.57 Å². The van der Waals surface area contributed by atoms with Gasteiger partial charge in [0.1, 0.15) is 11.5 Å². The molecule has 0 spiro atoms. The van der Waals surface area contributed by atoms with Crippen LogP contribution in [0.2, 0.25) is 0 Å². The summed E-state index contributed by atoms with van der Waals surface area (Å²) in [5.41, 5.74) is 4.44. The molecule has 0 radical (unpaired) electrons. The highest BCUT2D eigenvalue weighted by atomic mass is 19.1. The van der Waals surface area contributed by atoms with Gasteiger partial charge in [-0.3, -0.25) is 4.79 Å². The molecule has 1 amide bonds. The number of hydrogen-bond donors (Lipinski definition) is 1. The molecular weight excluding hydrogens is 331 g/mol. The van der Waals surface area contributed by atoms with Gasteiger partial charge in [0.05, 0.1) is 11.8 Å². The molecule has 2 heterocycles. The minimum atomic E-state index is -0.302. The summed E-state index contributed by atoms with van der Waals surface area (Å²) in [5, 5.41) is 2.91. The van der Waals surface area contributed by atoms with Gasteiger partial charge in [0, 0.05) is 24.4 Å². The minimum absolute atomic E-state index is 0.238. The molecule has 0 aliphatic carbocycles. The molecule has 4 nitrogen and oxygen atoms in total. The molecule has 0 aliphatic rings. The van der Waals surface area contributed by atoms with E-state index in [1.807, 2.05) is 41.8 Å². The summed E-state index contributed by atoms with van der Waals surface area (Å²) in [4.78, 5) is 12.8. The van der Waals surface area contributed by atoms with E-state index in [1.165, 1.54) is 12.1 Å². The largest absolute Gasteiger partial charge is 0.463 e. The molecule has 1 N–H and O–H groups in total. The lowest BCUT2D eigenvalue weighted by Gasteiger charge is -2.11. The number of furan rings is 1. The predicted molar refractivity (Wildman–Crippen MR) is 98.8 cm³/mol. The third-order valence-corrected chi connectivity index (χ3v) is 4.26. The van der Waals surface area contributed by atoms with Crippen LogP contribution in [0.5, 0.6) is 0 Å². The van der Waals surface area contributed by atoms with Crippen LogP contribution in [0.1, 0.15) is 21.6 Å². The molecule has 0 saturated carbocycles. The summed E-state index contributed by atoms with van der Waals surface area (Å²) >= 11 is 0. The Morgan fingerprint density at radius 1 is 1.12 bits per heavy atom. The molecule has 2 aromatic heterocycles. The maximum absolute atomic E-state index is 13.5. The lowest BCUT2D eigenvalue weighted by atomic mass is 10.2. The Labute approximate surface area is 149 Å². The molecule has 26 heavy (non-hydrogen) atoms. The maximum Gasteiger partial charge on any atom is 0.272 e. The van der Waals surface area contributed by atoms with E-state index < -0.39 is 0 Å². The Bertz CT molecular complexity index is 1090. The van der Waals surface area contributed by atoms with Crippen molar-refractivity contribution < 1.29 is 13.6 Å². The molecule has 4 rings (SSSR count). The first-order chi connectivity index (χ1) is 12.6. The quantitative estimate of drug-likeness (QED) is 0.565. The molecule has 2 aromatic carbocycles. The zero-order chi connectivity index (χ0) is 18.1. The van der Waals surface area contributed by atoms with Gasteiger partial charge in [0.2, 0.25) is 0 Å². The van der Waals surface area contributed by atoms with Crippen LogP contribution in [-0.4, -0.2) is 10.5 Å². The number of carbonyl (C=O) groups is 1. The second-order valence-electron chi connectivity index (χ2n) is 6.24. The van der Waals surface area contributed by atoms with Crippen molar-refractivity contribution in [2.75, 3.05) is 5.32 Å². The second-order valence-corrected chi connectivity index (χ2v) is 6.24. The second kappa shape index (κ2) is 6.52.